The number of aryl methyl sites for hydroxylation is 2. The maximum Gasteiger partial charge on any atom is 0.587 e. The predicted octanol–water partition coefficient (Wildman–Crippen LogP) is 3.66. The van der Waals surface area contributed by atoms with Crippen molar-refractivity contribution in [3.63, 3.8) is 0 Å². The standard InChI is InChI=1S/C34H43N6O11P/c1-5-46-26(41)16-14-21-10-6-8-12-23(21)50-52(45,51-24-13-9-7-11-22(24)15-17-27(42)48-20(2)3)47-18-25-29(43)34(4,44)32(49-25)40-19-37-28-30(35)38-33(36)39-31(28)40/h6-13,19-20,25,29,32,43-44H,5,14-18H2,1-4H3,(H4,35,36,38,39)/t25-,29+,32-,34+,52?/m1/s1. The Morgan fingerprint density at radius 3 is 2.19 bits per heavy atom. The number of hydrogen-bond acceptors (Lipinski definition) is 16. The maximum atomic E-state index is 14.7. The lowest BCUT2D eigenvalue weighted by atomic mass is 9.96. The molecule has 17 nitrogen and oxygen atoms in total. The molecule has 280 valence electrons. The van der Waals surface area contributed by atoms with Gasteiger partial charge in [0.1, 0.15) is 34.8 Å². The van der Waals surface area contributed by atoms with E-state index >= 15 is 0 Å². The van der Waals surface area contributed by atoms with Gasteiger partial charge in [-0.05, 0) is 63.8 Å². The molecule has 5 rings (SSSR count). The summed E-state index contributed by atoms with van der Waals surface area (Å²) >= 11 is 0. The summed E-state index contributed by atoms with van der Waals surface area (Å²) in [5.74, 6) is -0.772. The number of ether oxygens (including phenoxy) is 3. The van der Waals surface area contributed by atoms with Crippen molar-refractivity contribution in [2.75, 3.05) is 24.7 Å². The van der Waals surface area contributed by atoms with Crippen molar-refractivity contribution in [2.24, 2.45) is 0 Å². The first-order valence-electron chi connectivity index (χ1n) is 16.7. The van der Waals surface area contributed by atoms with E-state index in [0.717, 1.165) is 0 Å². The highest BCUT2D eigenvalue weighted by atomic mass is 31.2. The van der Waals surface area contributed by atoms with Crippen molar-refractivity contribution < 1.29 is 52.1 Å². The molecule has 0 amide bonds. The summed E-state index contributed by atoms with van der Waals surface area (Å²) in [4.78, 5) is 36.7. The molecule has 0 saturated carbocycles. The van der Waals surface area contributed by atoms with Crippen LogP contribution >= 0.6 is 7.82 Å². The molecule has 6 N–H and O–H groups in total. The fourth-order valence-electron chi connectivity index (χ4n) is 5.61. The molecule has 1 unspecified atom stereocenters. The Hall–Kier alpha value is -4.80. The third-order valence-corrected chi connectivity index (χ3v) is 9.41. The van der Waals surface area contributed by atoms with Gasteiger partial charge in [0, 0.05) is 12.8 Å². The summed E-state index contributed by atoms with van der Waals surface area (Å²) in [6, 6.07) is 13.2. The number of para-hydroxylation sites is 2. The number of nitrogens with two attached hydrogens (primary N) is 2. The molecular weight excluding hydrogens is 699 g/mol. The molecule has 0 spiro atoms. The van der Waals surface area contributed by atoms with E-state index in [2.05, 4.69) is 15.0 Å². The van der Waals surface area contributed by atoms with Crippen molar-refractivity contribution in [3.05, 3.63) is 66.0 Å². The molecule has 2 aromatic carbocycles. The van der Waals surface area contributed by atoms with Crippen molar-refractivity contribution in [2.45, 2.75) is 83.5 Å². The Kier molecular flexibility index (Phi) is 12.0. The number of imidazole rings is 1. The molecular formula is C34H43N6O11P. The van der Waals surface area contributed by atoms with Crippen LogP contribution in [0.15, 0.2) is 54.9 Å². The van der Waals surface area contributed by atoms with E-state index in [9.17, 15) is 24.4 Å². The SMILES string of the molecule is CCOC(=O)CCc1ccccc1OP(=O)(OC[C@H]1O[C@@H](n2cnc3c(N)nc(N)nc32)[C@@](C)(O)[C@H]1O)Oc1ccccc1CCC(=O)OC(C)C. The van der Waals surface area contributed by atoms with Gasteiger partial charge in [-0.3, -0.25) is 18.7 Å². The number of carbonyl (C=O) groups is 2. The number of phosphoric acid groups is 1. The van der Waals surface area contributed by atoms with Crippen LogP contribution < -0.4 is 20.5 Å². The Morgan fingerprint density at radius 2 is 1.60 bits per heavy atom. The summed E-state index contributed by atoms with van der Waals surface area (Å²) in [6.07, 6.45) is -2.71. The minimum absolute atomic E-state index is 0.00851. The Morgan fingerprint density at radius 1 is 1.00 bits per heavy atom. The summed E-state index contributed by atoms with van der Waals surface area (Å²) in [7, 11) is -4.68. The van der Waals surface area contributed by atoms with Crippen LogP contribution in [0.4, 0.5) is 11.8 Å². The molecule has 5 atom stereocenters. The lowest BCUT2D eigenvalue weighted by Gasteiger charge is -2.27. The second kappa shape index (κ2) is 16.3. The minimum atomic E-state index is -4.68. The molecule has 52 heavy (non-hydrogen) atoms. The van der Waals surface area contributed by atoms with Crippen LogP contribution in [0.25, 0.3) is 11.2 Å². The zero-order chi connectivity index (χ0) is 37.6. The van der Waals surface area contributed by atoms with Crippen molar-refractivity contribution in [1.29, 1.82) is 0 Å². The van der Waals surface area contributed by atoms with E-state index in [1.54, 1.807) is 69.3 Å². The first-order chi connectivity index (χ1) is 24.7. The summed E-state index contributed by atoms with van der Waals surface area (Å²) in [5.41, 5.74) is 11.2. The van der Waals surface area contributed by atoms with Gasteiger partial charge in [-0.1, -0.05) is 36.4 Å². The highest BCUT2D eigenvalue weighted by Crippen LogP contribution is 2.52. The number of fused-ring (bicyclic) bond motifs is 1. The quantitative estimate of drug-likeness (QED) is 0.0945. The van der Waals surface area contributed by atoms with Crippen LogP contribution in [0.1, 0.15) is 57.9 Å². The van der Waals surface area contributed by atoms with Crippen LogP contribution in [0, 0.1) is 0 Å². The maximum absolute atomic E-state index is 14.7. The van der Waals surface area contributed by atoms with E-state index < -0.39 is 50.4 Å². The van der Waals surface area contributed by atoms with Crippen LogP contribution in [0.3, 0.4) is 0 Å². The number of phosphoric ester groups is 1. The van der Waals surface area contributed by atoms with E-state index in [4.69, 9.17) is 39.2 Å². The summed E-state index contributed by atoms with van der Waals surface area (Å²) in [6.45, 7) is 6.16. The third kappa shape index (κ3) is 8.97. The molecule has 2 aromatic heterocycles. The summed E-state index contributed by atoms with van der Waals surface area (Å²) in [5, 5.41) is 22.7. The van der Waals surface area contributed by atoms with Gasteiger partial charge in [-0.25, -0.2) is 9.55 Å². The van der Waals surface area contributed by atoms with Gasteiger partial charge in [-0.15, -0.1) is 0 Å². The number of aromatic nitrogens is 4. The molecule has 1 fully saturated rings. The van der Waals surface area contributed by atoms with E-state index in [1.807, 2.05) is 0 Å². The van der Waals surface area contributed by atoms with E-state index in [1.165, 1.54) is 17.8 Å². The fourth-order valence-corrected chi connectivity index (χ4v) is 6.92. The number of nitrogen functional groups attached to an aromatic ring is 2. The second-order valence-corrected chi connectivity index (χ2v) is 14.0. The smallest absolute Gasteiger partial charge is 0.466 e. The van der Waals surface area contributed by atoms with Crippen molar-refractivity contribution in [3.8, 4) is 11.5 Å². The average molecular weight is 743 g/mol. The lowest BCUT2D eigenvalue weighted by Crippen LogP contribution is -2.44. The number of aliphatic hydroxyl groups excluding tert-OH is 1. The van der Waals surface area contributed by atoms with Gasteiger partial charge >= 0.3 is 19.8 Å². The van der Waals surface area contributed by atoms with Gasteiger partial charge in [0.2, 0.25) is 5.95 Å². The Labute approximate surface area is 299 Å². The van der Waals surface area contributed by atoms with Gasteiger partial charge in [0.15, 0.2) is 17.7 Å². The van der Waals surface area contributed by atoms with Crippen LogP contribution in [-0.4, -0.2) is 78.8 Å². The summed E-state index contributed by atoms with van der Waals surface area (Å²) < 4.78 is 50.3. The number of anilines is 2. The van der Waals surface area contributed by atoms with Crippen LogP contribution in [0.5, 0.6) is 11.5 Å². The molecule has 0 bridgehead atoms. The number of carbonyl (C=O) groups excluding carboxylic acids is 2. The molecule has 18 heteroatoms. The monoisotopic (exact) mass is 742 g/mol. The average Bonchev–Trinajstić information content (AvgIpc) is 3.59. The number of benzene rings is 2. The minimum Gasteiger partial charge on any atom is -0.466 e. The lowest BCUT2D eigenvalue weighted by molar-refractivity contribution is -0.147. The molecule has 1 aliphatic rings. The Bertz CT molecular complexity index is 1940. The highest BCUT2D eigenvalue weighted by Gasteiger charge is 2.54. The molecule has 1 saturated heterocycles. The normalized spacial score (nSPS) is 21.2. The number of nitrogens with zero attached hydrogens (tertiary/aromatic N) is 4. The third-order valence-electron chi connectivity index (χ3n) is 8.10. The van der Waals surface area contributed by atoms with Crippen LogP contribution in [-0.2, 0) is 45.7 Å². The van der Waals surface area contributed by atoms with Gasteiger partial charge in [0.25, 0.3) is 0 Å². The zero-order valence-electron chi connectivity index (χ0n) is 29.2. The molecule has 3 heterocycles. The van der Waals surface area contributed by atoms with Crippen LogP contribution in [0.2, 0.25) is 0 Å². The van der Waals surface area contributed by atoms with Gasteiger partial charge < -0.3 is 44.9 Å². The highest BCUT2D eigenvalue weighted by molar-refractivity contribution is 7.49. The van der Waals surface area contributed by atoms with E-state index in [-0.39, 0.29) is 72.8 Å². The topological polar surface area (TPSA) is 243 Å². The van der Waals surface area contributed by atoms with Gasteiger partial charge in [0.05, 0.1) is 25.6 Å². The van der Waals surface area contributed by atoms with Gasteiger partial charge in [-0.2, -0.15) is 9.97 Å². The Balaban J connectivity index is 1.42. The van der Waals surface area contributed by atoms with Crippen molar-refractivity contribution >= 4 is 42.7 Å². The fraction of sp³-hybridized carbons (Fsp3) is 0.441. The first kappa shape index (κ1) is 38.4. The molecule has 0 radical (unpaired) electrons. The second-order valence-electron chi connectivity index (χ2n) is 12.5. The number of aliphatic hydroxyl groups is 2. The largest absolute Gasteiger partial charge is 0.587 e. The molecule has 0 aliphatic carbocycles. The number of rotatable bonds is 16. The zero-order valence-corrected chi connectivity index (χ0v) is 30.1. The molecule has 1 aliphatic heterocycles. The number of esters is 2. The first-order valence-corrected chi connectivity index (χ1v) is 18.1. The molecule has 4 aromatic rings. The predicted molar refractivity (Wildman–Crippen MR) is 187 cm³/mol. The number of hydrogen-bond donors (Lipinski definition) is 4. The van der Waals surface area contributed by atoms with E-state index in [0.29, 0.717) is 11.1 Å². The van der Waals surface area contributed by atoms with Crippen molar-refractivity contribution in [1.82, 2.24) is 19.5 Å².